The molecule has 0 aliphatic heterocycles. The molecule has 1 atom stereocenters. The van der Waals surface area contributed by atoms with Gasteiger partial charge in [0.15, 0.2) is 0 Å². The minimum absolute atomic E-state index is 0.174. The van der Waals surface area contributed by atoms with E-state index in [-0.39, 0.29) is 11.8 Å². The highest BCUT2D eigenvalue weighted by Gasteiger charge is 2.22. The van der Waals surface area contributed by atoms with E-state index in [1.54, 1.807) is 11.3 Å². The summed E-state index contributed by atoms with van der Waals surface area (Å²) in [5, 5.41) is 11.0. The minimum Gasteiger partial charge on any atom is -0.481 e. The van der Waals surface area contributed by atoms with Crippen LogP contribution in [-0.4, -0.2) is 11.1 Å². The van der Waals surface area contributed by atoms with Crippen LogP contribution in [0.1, 0.15) is 18.7 Å². The van der Waals surface area contributed by atoms with Gasteiger partial charge in [-0.25, -0.2) is 0 Å². The number of rotatable bonds is 4. The van der Waals surface area contributed by atoms with Crippen molar-refractivity contribution in [3.63, 3.8) is 0 Å². The second-order valence-electron chi connectivity index (χ2n) is 3.62. The lowest BCUT2D eigenvalue weighted by Crippen LogP contribution is -2.21. The molecule has 0 spiro atoms. The average molecular weight is 277 g/mol. The lowest BCUT2D eigenvalue weighted by Gasteiger charge is -2.14. The number of halogens is 1. The summed E-state index contributed by atoms with van der Waals surface area (Å²) >= 11 is 4.96. The molecule has 1 aromatic heterocycles. The number of carboxylic acids is 1. The molecule has 1 rings (SSSR count). The molecule has 0 aliphatic rings. The van der Waals surface area contributed by atoms with Gasteiger partial charge in [-0.2, -0.15) is 0 Å². The lowest BCUT2D eigenvalue weighted by atomic mass is 9.92. The zero-order valence-corrected chi connectivity index (χ0v) is 10.6. The van der Waals surface area contributed by atoms with E-state index in [1.807, 2.05) is 25.3 Å². The van der Waals surface area contributed by atoms with E-state index < -0.39 is 5.97 Å². The van der Waals surface area contributed by atoms with E-state index in [0.717, 1.165) is 9.35 Å². The zero-order chi connectivity index (χ0) is 10.7. The first-order valence-corrected chi connectivity index (χ1v) is 6.13. The minimum atomic E-state index is -0.704. The Labute approximate surface area is 96.1 Å². The second-order valence-corrected chi connectivity index (χ2v) is 5.54. The van der Waals surface area contributed by atoms with Gasteiger partial charge in [0.2, 0.25) is 0 Å². The fourth-order valence-electron chi connectivity index (χ4n) is 1.29. The summed E-state index contributed by atoms with van der Waals surface area (Å²) in [4.78, 5) is 12.1. The standard InChI is InChI=1S/C10H13BrO2S/c1-6(2)9(10(12)13)4-8-3-7(11)5-14-8/h3,5-6,9H,4H2,1-2H3,(H,12,13). The molecular weight excluding hydrogens is 264 g/mol. The van der Waals surface area contributed by atoms with Crippen molar-refractivity contribution in [1.29, 1.82) is 0 Å². The van der Waals surface area contributed by atoms with Gasteiger partial charge in [0.1, 0.15) is 0 Å². The van der Waals surface area contributed by atoms with Crippen LogP contribution >= 0.6 is 27.3 Å². The molecule has 0 fully saturated rings. The van der Waals surface area contributed by atoms with Gasteiger partial charge in [-0.05, 0) is 34.3 Å². The number of carboxylic acid groups (broad SMARTS) is 1. The van der Waals surface area contributed by atoms with Crippen molar-refractivity contribution in [3.8, 4) is 0 Å². The summed E-state index contributed by atoms with van der Waals surface area (Å²) in [6, 6.07) is 1.99. The molecule has 1 N–H and O–H groups in total. The summed E-state index contributed by atoms with van der Waals surface area (Å²) < 4.78 is 1.03. The fourth-order valence-corrected chi connectivity index (χ4v) is 2.80. The number of aliphatic carboxylic acids is 1. The van der Waals surface area contributed by atoms with E-state index in [1.165, 1.54) is 0 Å². The molecule has 0 bridgehead atoms. The topological polar surface area (TPSA) is 37.3 Å². The van der Waals surface area contributed by atoms with Crippen molar-refractivity contribution in [2.75, 3.05) is 0 Å². The van der Waals surface area contributed by atoms with Crippen LogP contribution in [0.2, 0.25) is 0 Å². The number of hydrogen-bond donors (Lipinski definition) is 1. The molecule has 2 nitrogen and oxygen atoms in total. The third kappa shape index (κ3) is 3.10. The molecule has 0 aromatic carbocycles. The van der Waals surface area contributed by atoms with Crippen molar-refractivity contribution in [3.05, 3.63) is 20.8 Å². The Bertz CT molecular complexity index is 320. The van der Waals surface area contributed by atoms with Gasteiger partial charge in [0.25, 0.3) is 0 Å². The summed E-state index contributed by atoms with van der Waals surface area (Å²) in [6.07, 6.45) is 0.628. The van der Waals surface area contributed by atoms with E-state index in [4.69, 9.17) is 5.11 Å². The normalized spacial score (nSPS) is 13.1. The van der Waals surface area contributed by atoms with Crippen LogP contribution in [0.15, 0.2) is 15.9 Å². The SMILES string of the molecule is CC(C)C(Cc1cc(Br)cs1)C(=O)O. The van der Waals surface area contributed by atoms with Crippen molar-refractivity contribution in [2.45, 2.75) is 20.3 Å². The monoisotopic (exact) mass is 276 g/mol. The number of carbonyl (C=O) groups is 1. The lowest BCUT2D eigenvalue weighted by molar-refractivity contribution is -0.143. The fraction of sp³-hybridized carbons (Fsp3) is 0.500. The van der Waals surface area contributed by atoms with Crippen molar-refractivity contribution in [2.24, 2.45) is 11.8 Å². The van der Waals surface area contributed by atoms with Gasteiger partial charge >= 0.3 is 5.97 Å². The first kappa shape index (κ1) is 11.7. The van der Waals surface area contributed by atoms with Gasteiger partial charge in [-0.1, -0.05) is 13.8 Å². The third-order valence-electron chi connectivity index (χ3n) is 2.16. The van der Waals surface area contributed by atoms with Crippen LogP contribution in [0.5, 0.6) is 0 Å². The second kappa shape index (κ2) is 4.94. The van der Waals surface area contributed by atoms with E-state index in [2.05, 4.69) is 15.9 Å². The van der Waals surface area contributed by atoms with Crippen LogP contribution in [0, 0.1) is 11.8 Å². The van der Waals surface area contributed by atoms with Gasteiger partial charge in [0.05, 0.1) is 5.92 Å². The van der Waals surface area contributed by atoms with Crippen LogP contribution < -0.4 is 0 Å². The molecule has 14 heavy (non-hydrogen) atoms. The molecular formula is C10H13BrO2S. The van der Waals surface area contributed by atoms with Crippen molar-refractivity contribution in [1.82, 2.24) is 0 Å². The summed E-state index contributed by atoms with van der Waals surface area (Å²) in [7, 11) is 0. The van der Waals surface area contributed by atoms with Crippen LogP contribution in [-0.2, 0) is 11.2 Å². The van der Waals surface area contributed by atoms with Gasteiger partial charge in [0, 0.05) is 14.7 Å². The highest BCUT2D eigenvalue weighted by atomic mass is 79.9. The summed E-state index contributed by atoms with van der Waals surface area (Å²) in [6.45, 7) is 3.89. The van der Waals surface area contributed by atoms with Crippen LogP contribution in [0.3, 0.4) is 0 Å². The zero-order valence-electron chi connectivity index (χ0n) is 8.16. The Kier molecular flexibility index (Phi) is 4.13. The summed E-state index contributed by atoms with van der Waals surface area (Å²) in [5.41, 5.74) is 0. The molecule has 0 saturated heterocycles. The Hall–Kier alpha value is -0.350. The van der Waals surface area contributed by atoms with Crippen molar-refractivity contribution >= 4 is 33.2 Å². The molecule has 0 saturated carbocycles. The first-order valence-electron chi connectivity index (χ1n) is 4.46. The average Bonchev–Trinajstić information content (AvgIpc) is 2.46. The third-order valence-corrected chi connectivity index (χ3v) is 3.88. The van der Waals surface area contributed by atoms with Gasteiger partial charge in [-0.3, -0.25) is 4.79 Å². The summed E-state index contributed by atoms with van der Waals surface area (Å²) in [5.74, 6) is -0.807. The van der Waals surface area contributed by atoms with Crippen LogP contribution in [0.4, 0.5) is 0 Å². The maximum absolute atomic E-state index is 10.9. The maximum Gasteiger partial charge on any atom is 0.307 e. The highest BCUT2D eigenvalue weighted by Crippen LogP contribution is 2.25. The Morgan fingerprint density at radius 3 is 2.64 bits per heavy atom. The molecule has 78 valence electrons. The van der Waals surface area contributed by atoms with Gasteiger partial charge in [-0.15, -0.1) is 11.3 Å². The first-order chi connectivity index (χ1) is 6.50. The number of hydrogen-bond acceptors (Lipinski definition) is 2. The van der Waals surface area contributed by atoms with Crippen molar-refractivity contribution < 1.29 is 9.90 Å². The highest BCUT2D eigenvalue weighted by molar-refractivity contribution is 9.10. The molecule has 0 amide bonds. The maximum atomic E-state index is 10.9. The Balaban J connectivity index is 2.69. The van der Waals surface area contributed by atoms with Gasteiger partial charge < -0.3 is 5.11 Å². The smallest absolute Gasteiger partial charge is 0.307 e. The molecule has 0 radical (unpaired) electrons. The van der Waals surface area contributed by atoms with E-state index in [9.17, 15) is 4.79 Å². The predicted octanol–water partition coefficient (Wildman–Crippen LogP) is 3.41. The number of thiophene rings is 1. The molecule has 4 heteroatoms. The molecule has 1 unspecified atom stereocenters. The molecule has 0 aliphatic carbocycles. The largest absolute Gasteiger partial charge is 0.481 e. The Morgan fingerprint density at radius 1 is 1.64 bits per heavy atom. The van der Waals surface area contributed by atoms with Crippen LogP contribution in [0.25, 0.3) is 0 Å². The Morgan fingerprint density at radius 2 is 2.29 bits per heavy atom. The predicted molar refractivity (Wildman–Crippen MR) is 61.7 cm³/mol. The van der Waals surface area contributed by atoms with E-state index >= 15 is 0 Å². The molecule has 1 heterocycles. The van der Waals surface area contributed by atoms with E-state index in [0.29, 0.717) is 6.42 Å². The molecule has 1 aromatic rings. The quantitative estimate of drug-likeness (QED) is 0.915.